The summed E-state index contributed by atoms with van der Waals surface area (Å²) in [7, 11) is 0. The number of aromatic hydroxyl groups is 2. The highest BCUT2D eigenvalue weighted by Crippen LogP contribution is 2.19. The molecular weight excluding hydrogens is 344 g/mol. The number of phenols is 2. The first-order valence-corrected chi connectivity index (χ1v) is 9.48. The van der Waals surface area contributed by atoms with Crippen LogP contribution >= 0.6 is 11.8 Å². The van der Waals surface area contributed by atoms with E-state index in [0.717, 1.165) is 22.0 Å². The molecule has 2 aromatic rings. The average molecular weight is 364 g/mol. The van der Waals surface area contributed by atoms with Crippen molar-refractivity contribution in [1.29, 1.82) is 0 Å². The molecule has 26 heavy (non-hydrogen) atoms. The van der Waals surface area contributed by atoms with E-state index in [1.165, 1.54) is 11.8 Å². The number of aliphatic imine (C=N–C) groups is 2. The molecule has 1 heterocycles. The molecule has 2 N–H and O–H groups in total. The first-order chi connectivity index (χ1) is 12.6. The molecule has 4 nitrogen and oxygen atoms in total. The molecule has 0 spiro atoms. The predicted molar refractivity (Wildman–Crippen MR) is 111 cm³/mol. The summed E-state index contributed by atoms with van der Waals surface area (Å²) in [6, 6.07) is 14.2. The maximum Gasteiger partial charge on any atom is 0.183 e. The van der Waals surface area contributed by atoms with E-state index in [2.05, 4.69) is 9.98 Å². The van der Waals surface area contributed by atoms with Crippen LogP contribution in [-0.2, 0) is 0 Å². The van der Waals surface area contributed by atoms with Gasteiger partial charge in [-0.2, -0.15) is 0 Å². The van der Waals surface area contributed by atoms with Crippen LogP contribution < -0.4 is 0 Å². The topological polar surface area (TPSA) is 65.2 Å². The van der Waals surface area contributed by atoms with Crippen molar-refractivity contribution in [1.82, 2.24) is 0 Å². The number of phenolic OH excluding ortho intramolecular Hbond substituents is 2. The van der Waals surface area contributed by atoms with Crippen LogP contribution in [0, 0.1) is 0 Å². The fourth-order valence-electron chi connectivity index (χ4n) is 2.59. The SMILES string of the molecule is CSC1=NC(C=Cc2cccc(O)c2)CC(/C=C/c2cccc(O)c2)=N1. The van der Waals surface area contributed by atoms with Crippen molar-refractivity contribution in [2.24, 2.45) is 9.98 Å². The Balaban J connectivity index is 1.74. The average Bonchev–Trinajstić information content (AvgIpc) is 2.65. The van der Waals surface area contributed by atoms with E-state index in [-0.39, 0.29) is 17.5 Å². The molecule has 1 aliphatic heterocycles. The Morgan fingerprint density at radius 1 is 0.962 bits per heavy atom. The van der Waals surface area contributed by atoms with E-state index in [4.69, 9.17) is 0 Å². The first kappa shape index (κ1) is 18.0. The molecule has 2 aromatic carbocycles. The van der Waals surface area contributed by atoms with Crippen molar-refractivity contribution in [2.75, 3.05) is 6.26 Å². The lowest BCUT2D eigenvalue weighted by Gasteiger charge is -2.15. The number of hydrogen-bond acceptors (Lipinski definition) is 5. The van der Waals surface area contributed by atoms with E-state index >= 15 is 0 Å². The Labute approximate surface area is 157 Å². The van der Waals surface area contributed by atoms with Crippen molar-refractivity contribution < 1.29 is 10.2 Å². The van der Waals surface area contributed by atoms with Gasteiger partial charge in [0.15, 0.2) is 5.17 Å². The second-order valence-corrected chi connectivity index (χ2v) is 6.65. The highest BCUT2D eigenvalue weighted by molar-refractivity contribution is 8.13. The van der Waals surface area contributed by atoms with Crippen LogP contribution in [0.2, 0.25) is 0 Å². The van der Waals surface area contributed by atoms with E-state index in [9.17, 15) is 10.2 Å². The number of amidine groups is 1. The van der Waals surface area contributed by atoms with Crippen molar-refractivity contribution in [3.63, 3.8) is 0 Å². The number of rotatable bonds is 4. The fraction of sp³-hybridized carbons (Fsp3) is 0.143. The summed E-state index contributed by atoms with van der Waals surface area (Å²) in [4.78, 5) is 9.19. The van der Waals surface area contributed by atoms with E-state index in [1.54, 1.807) is 24.3 Å². The van der Waals surface area contributed by atoms with Crippen molar-refractivity contribution in [2.45, 2.75) is 12.5 Å². The van der Waals surface area contributed by atoms with Gasteiger partial charge < -0.3 is 10.2 Å². The van der Waals surface area contributed by atoms with Crippen molar-refractivity contribution in [3.05, 3.63) is 71.8 Å². The van der Waals surface area contributed by atoms with Crippen LogP contribution in [0.25, 0.3) is 12.2 Å². The molecule has 0 radical (unpaired) electrons. The van der Waals surface area contributed by atoms with Gasteiger partial charge in [0.1, 0.15) is 11.5 Å². The van der Waals surface area contributed by atoms with Gasteiger partial charge in [-0.15, -0.1) is 0 Å². The number of allylic oxidation sites excluding steroid dienone is 1. The second-order valence-electron chi connectivity index (χ2n) is 5.87. The van der Waals surface area contributed by atoms with Crippen LogP contribution in [0.5, 0.6) is 11.5 Å². The fourth-order valence-corrected chi connectivity index (χ4v) is 3.03. The summed E-state index contributed by atoms with van der Waals surface area (Å²) in [5, 5.41) is 19.9. The minimum atomic E-state index is 0.00104. The smallest absolute Gasteiger partial charge is 0.183 e. The lowest BCUT2D eigenvalue weighted by atomic mass is 10.1. The Kier molecular flexibility index (Phi) is 5.92. The molecular formula is C21H20N2O2S. The summed E-state index contributed by atoms with van der Waals surface area (Å²) < 4.78 is 0. The summed E-state index contributed by atoms with van der Waals surface area (Å²) in [5.41, 5.74) is 2.80. The van der Waals surface area contributed by atoms with E-state index < -0.39 is 0 Å². The monoisotopic (exact) mass is 364 g/mol. The Hall–Kier alpha value is -2.79. The third-order valence-corrected chi connectivity index (χ3v) is 4.40. The van der Waals surface area contributed by atoms with Gasteiger partial charge in [-0.3, -0.25) is 4.99 Å². The molecule has 5 heteroatoms. The Morgan fingerprint density at radius 2 is 1.62 bits per heavy atom. The summed E-state index contributed by atoms with van der Waals surface area (Å²) in [6.45, 7) is 0. The third kappa shape index (κ3) is 5.10. The zero-order chi connectivity index (χ0) is 18.4. The zero-order valence-corrected chi connectivity index (χ0v) is 15.2. The first-order valence-electron chi connectivity index (χ1n) is 8.26. The number of hydrogen-bond donors (Lipinski definition) is 2. The summed E-state index contributed by atoms with van der Waals surface area (Å²) in [5.74, 6) is 0.497. The van der Waals surface area contributed by atoms with Crippen LogP contribution in [0.15, 0.2) is 70.7 Å². The molecule has 0 aliphatic carbocycles. The molecule has 1 atom stereocenters. The minimum absolute atomic E-state index is 0.00104. The summed E-state index contributed by atoms with van der Waals surface area (Å²) >= 11 is 1.52. The maximum absolute atomic E-state index is 9.56. The van der Waals surface area contributed by atoms with E-state index in [1.807, 2.05) is 54.8 Å². The molecule has 0 bridgehead atoms. The van der Waals surface area contributed by atoms with Gasteiger partial charge in [0.2, 0.25) is 0 Å². The van der Waals surface area contributed by atoms with Crippen molar-refractivity contribution in [3.8, 4) is 11.5 Å². The van der Waals surface area contributed by atoms with Crippen LogP contribution in [0.4, 0.5) is 0 Å². The highest BCUT2D eigenvalue weighted by Gasteiger charge is 2.14. The van der Waals surface area contributed by atoms with E-state index in [0.29, 0.717) is 6.42 Å². The molecule has 0 saturated carbocycles. The molecule has 1 aliphatic rings. The molecule has 1 unspecified atom stereocenters. The van der Waals surface area contributed by atoms with Crippen LogP contribution in [-0.4, -0.2) is 33.4 Å². The normalized spacial score (nSPS) is 17.5. The number of benzene rings is 2. The maximum atomic E-state index is 9.56. The largest absolute Gasteiger partial charge is 0.508 e. The highest BCUT2D eigenvalue weighted by atomic mass is 32.2. The summed E-state index contributed by atoms with van der Waals surface area (Å²) in [6.07, 6.45) is 10.6. The van der Waals surface area contributed by atoms with Gasteiger partial charge in [0, 0.05) is 12.1 Å². The number of nitrogens with zero attached hydrogens (tertiary/aromatic N) is 2. The van der Waals surface area contributed by atoms with Crippen LogP contribution in [0.3, 0.4) is 0 Å². The van der Waals surface area contributed by atoms with Gasteiger partial charge in [-0.1, -0.05) is 54.3 Å². The van der Waals surface area contributed by atoms with Gasteiger partial charge in [-0.05, 0) is 47.7 Å². The van der Waals surface area contributed by atoms with Gasteiger partial charge in [0.05, 0.1) is 6.04 Å². The molecule has 0 amide bonds. The molecule has 132 valence electrons. The standard InChI is InChI=1S/C21H20N2O2S/c1-26-21-22-17(10-8-15-4-2-6-19(24)12-15)14-18(23-21)11-9-16-5-3-7-20(25)13-16/h2-13,17,24-25H,14H2,1H3/b10-8?,11-9+. The minimum Gasteiger partial charge on any atom is -0.508 e. The Morgan fingerprint density at radius 3 is 2.23 bits per heavy atom. The van der Waals surface area contributed by atoms with Crippen LogP contribution in [0.1, 0.15) is 17.5 Å². The van der Waals surface area contributed by atoms with Crippen molar-refractivity contribution >= 4 is 34.8 Å². The molecule has 0 fully saturated rings. The predicted octanol–water partition coefficient (Wildman–Crippen LogP) is 4.76. The van der Waals surface area contributed by atoms with Gasteiger partial charge >= 0.3 is 0 Å². The Bertz CT molecular complexity index is 900. The molecule has 0 aromatic heterocycles. The lowest BCUT2D eigenvalue weighted by Crippen LogP contribution is -2.15. The quantitative estimate of drug-likeness (QED) is 0.822. The number of thioether (sulfide) groups is 1. The molecule has 3 rings (SSSR count). The van der Waals surface area contributed by atoms with Gasteiger partial charge in [-0.25, -0.2) is 4.99 Å². The molecule has 0 saturated heterocycles. The lowest BCUT2D eigenvalue weighted by molar-refractivity contribution is 0.474. The third-order valence-electron chi connectivity index (χ3n) is 3.84. The van der Waals surface area contributed by atoms with Gasteiger partial charge in [0.25, 0.3) is 0 Å². The zero-order valence-electron chi connectivity index (χ0n) is 14.4. The second kappa shape index (κ2) is 8.54.